The maximum Gasteiger partial charge on any atom is 0.0772 e. The second kappa shape index (κ2) is 18.8. The lowest BCUT2D eigenvalue weighted by Gasteiger charge is -2.22. The van der Waals surface area contributed by atoms with Crippen molar-refractivity contribution in [2.24, 2.45) is 0 Å². The molecule has 1 atom stereocenters. The van der Waals surface area contributed by atoms with Crippen molar-refractivity contribution in [3.8, 4) is 45.0 Å². The molecule has 0 saturated heterocycles. The van der Waals surface area contributed by atoms with Crippen molar-refractivity contribution in [3.05, 3.63) is 120 Å². The number of aromatic amines is 2. The molecule has 7 aromatic rings. The summed E-state index contributed by atoms with van der Waals surface area (Å²) in [5.41, 5.74) is 16.4. The lowest BCUT2D eigenvalue weighted by molar-refractivity contribution is 0.291. The summed E-state index contributed by atoms with van der Waals surface area (Å²) in [4.78, 5) is 22.4. The first-order valence-corrected chi connectivity index (χ1v) is 24.1. The van der Waals surface area contributed by atoms with Crippen LogP contribution in [-0.2, 0) is 0 Å². The van der Waals surface area contributed by atoms with Crippen LogP contribution in [0.15, 0.2) is 109 Å². The SMILES string of the molecule is CCCCC(CCCC)c1c2nc(cc3[nH]c(c(C(CCCC)CCCN(CC)CC)c4nc(cc5[nH]c1c1ccccc51)-c1ccccc1-4)c1ccccc31)-c1ccccc1-2. The van der Waals surface area contributed by atoms with Crippen molar-refractivity contribution in [2.45, 2.75) is 117 Å². The van der Waals surface area contributed by atoms with Gasteiger partial charge in [0.1, 0.15) is 0 Å². The van der Waals surface area contributed by atoms with Gasteiger partial charge in [-0.3, -0.25) is 0 Å². The van der Waals surface area contributed by atoms with Gasteiger partial charge in [0.15, 0.2) is 0 Å². The van der Waals surface area contributed by atoms with Gasteiger partial charge >= 0.3 is 0 Å². The van der Waals surface area contributed by atoms with Crippen LogP contribution >= 0.6 is 0 Å². The predicted octanol–water partition coefficient (Wildman–Crippen LogP) is 16.1. The van der Waals surface area contributed by atoms with Gasteiger partial charge in [0.05, 0.1) is 33.8 Å². The summed E-state index contributed by atoms with van der Waals surface area (Å²) in [7, 11) is 0. The molecule has 62 heavy (non-hydrogen) atoms. The molecule has 0 amide bonds. The maximum atomic E-state index is 5.80. The molecule has 4 aromatic carbocycles. The summed E-state index contributed by atoms with van der Waals surface area (Å²) in [5, 5.41) is 4.96. The van der Waals surface area contributed by atoms with E-state index in [-0.39, 0.29) is 0 Å². The standard InChI is InChI=1S/C57H65N5/c1-6-11-23-38(24-12-7-2)52-54-44-31-18-14-27-40(44)48(58-54)36-50-42-29-16-20-33-46(42)56(60-50)53(39(25-13-8-3)26-22-35-62(9-4)10-5)57-47-34-21-17-30-43(47)51(61-57)37-49-41-28-15-19-32-45(41)55(52)59-49/h14-21,27-34,36-39,58,61H,6-13,22-26,35H2,1-5H3. The zero-order chi connectivity index (χ0) is 42.6. The number of hydrogen-bond acceptors (Lipinski definition) is 3. The quantitative estimate of drug-likeness (QED) is 0.0962. The van der Waals surface area contributed by atoms with Gasteiger partial charge in [0.2, 0.25) is 0 Å². The fourth-order valence-corrected chi connectivity index (χ4v) is 10.6. The summed E-state index contributed by atoms with van der Waals surface area (Å²) in [6.45, 7) is 14.8. The molecule has 0 saturated carbocycles. The molecular formula is C57H65N5. The predicted molar refractivity (Wildman–Crippen MR) is 266 cm³/mol. The molecule has 2 N–H and O–H groups in total. The third kappa shape index (κ3) is 7.90. The second-order valence-corrected chi connectivity index (χ2v) is 17.8. The topological polar surface area (TPSA) is 60.6 Å². The van der Waals surface area contributed by atoms with Gasteiger partial charge in [-0.2, -0.15) is 0 Å². The molecule has 9 rings (SSSR count). The van der Waals surface area contributed by atoms with E-state index in [1.54, 1.807) is 0 Å². The van der Waals surface area contributed by atoms with E-state index in [9.17, 15) is 0 Å². The summed E-state index contributed by atoms with van der Waals surface area (Å²) in [5.74, 6) is 0.685. The molecule has 0 radical (unpaired) electrons. The minimum atomic E-state index is 0.327. The van der Waals surface area contributed by atoms with Crippen molar-refractivity contribution in [1.29, 1.82) is 0 Å². The highest BCUT2D eigenvalue weighted by molar-refractivity contribution is 6.12. The first-order valence-electron chi connectivity index (χ1n) is 24.1. The molecule has 2 aliphatic heterocycles. The van der Waals surface area contributed by atoms with Gasteiger partial charge in [-0.25, -0.2) is 9.97 Å². The first-order chi connectivity index (χ1) is 30.6. The molecule has 5 heteroatoms. The largest absolute Gasteiger partial charge is 0.354 e. The van der Waals surface area contributed by atoms with Crippen LogP contribution in [0.5, 0.6) is 0 Å². The molecule has 1 unspecified atom stereocenters. The highest BCUT2D eigenvalue weighted by Gasteiger charge is 2.29. The lowest BCUT2D eigenvalue weighted by atomic mass is 9.85. The minimum Gasteiger partial charge on any atom is -0.354 e. The Morgan fingerprint density at radius 2 is 0.823 bits per heavy atom. The zero-order valence-corrected chi connectivity index (χ0v) is 37.8. The Morgan fingerprint density at radius 1 is 0.452 bits per heavy atom. The molecule has 0 fully saturated rings. The highest BCUT2D eigenvalue weighted by Crippen LogP contribution is 2.47. The Hall–Kier alpha value is -5.52. The number of nitrogens with zero attached hydrogens (tertiary/aromatic N) is 3. The Balaban J connectivity index is 1.46. The normalized spacial score (nSPS) is 12.8. The van der Waals surface area contributed by atoms with Crippen LogP contribution in [-0.4, -0.2) is 44.5 Å². The molecule has 2 aliphatic rings. The molecule has 0 aliphatic carbocycles. The van der Waals surface area contributed by atoms with E-state index >= 15 is 0 Å². The first kappa shape index (κ1) is 41.8. The van der Waals surface area contributed by atoms with E-state index in [1.165, 1.54) is 98.1 Å². The van der Waals surface area contributed by atoms with Crippen molar-refractivity contribution in [1.82, 2.24) is 24.8 Å². The van der Waals surface area contributed by atoms with E-state index in [2.05, 4.69) is 159 Å². The van der Waals surface area contributed by atoms with Gasteiger partial charge in [-0.1, -0.05) is 170 Å². The fraction of sp³-hybridized carbons (Fsp3) is 0.368. The van der Waals surface area contributed by atoms with Gasteiger partial charge in [-0.05, 0) is 75.7 Å². The molecule has 5 heterocycles. The molecule has 8 bridgehead atoms. The fourth-order valence-electron chi connectivity index (χ4n) is 10.6. The Labute approximate surface area is 369 Å². The maximum absolute atomic E-state index is 5.80. The van der Waals surface area contributed by atoms with Crippen molar-refractivity contribution >= 4 is 43.6 Å². The number of hydrogen-bond donors (Lipinski definition) is 2. The molecule has 0 spiro atoms. The minimum absolute atomic E-state index is 0.327. The van der Waals surface area contributed by atoms with E-state index in [1.807, 2.05) is 0 Å². The number of H-pyrrole nitrogens is 2. The summed E-state index contributed by atoms with van der Waals surface area (Å²) in [6.07, 6.45) is 12.7. The van der Waals surface area contributed by atoms with Gasteiger partial charge in [0.25, 0.3) is 0 Å². The summed E-state index contributed by atoms with van der Waals surface area (Å²) >= 11 is 0. The molecular weight excluding hydrogens is 755 g/mol. The van der Waals surface area contributed by atoms with Crippen molar-refractivity contribution < 1.29 is 0 Å². The number of rotatable bonds is 17. The van der Waals surface area contributed by atoms with Crippen LogP contribution in [0.1, 0.15) is 128 Å². The Bertz CT molecular complexity index is 2850. The number of nitrogens with one attached hydrogen (secondary N) is 2. The van der Waals surface area contributed by atoms with Gasteiger partial charge < -0.3 is 14.9 Å². The van der Waals surface area contributed by atoms with E-state index < -0.39 is 0 Å². The molecule has 318 valence electrons. The smallest absolute Gasteiger partial charge is 0.0772 e. The highest BCUT2D eigenvalue weighted by atomic mass is 15.1. The van der Waals surface area contributed by atoms with Crippen LogP contribution in [0.4, 0.5) is 0 Å². The van der Waals surface area contributed by atoms with Crippen LogP contribution in [0.2, 0.25) is 0 Å². The van der Waals surface area contributed by atoms with Gasteiger partial charge in [-0.15, -0.1) is 0 Å². The van der Waals surface area contributed by atoms with Crippen LogP contribution in [0.3, 0.4) is 0 Å². The number of unbranched alkanes of at least 4 members (excludes halogenated alkanes) is 3. The second-order valence-electron chi connectivity index (χ2n) is 17.8. The third-order valence-electron chi connectivity index (χ3n) is 13.9. The average molecular weight is 820 g/mol. The monoisotopic (exact) mass is 820 g/mol. The molecule has 5 nitrogen and oxygen atoms in total. The van der Waals surface area contributed by atoms with E-state index in [4.69, 9.17) is 9.97 Å². The number of benzene rings is 4. The van der Waals surface area contributed by atoms with Crippen LogP contribution < -0.4 is 0 Å². The summed E-state index contributed by atoms with van der Waals surface area (Å²) in [6, 6.07) is 40.7. The van der Waals surface area contributed by atoms with E-state index in [0.717, 1.165) is 92.0 Å². The van der Waals surface area contributed by atoms with Crippen molar-refractivity contribution in [3.63, 3.8) is 0 Å². The van der Waals surface area contributed by atoms with E-state index in [0.29, 0.717) is 11.8 Å². The van der Waals surface area contributed by atoms with Crippen LogP contribution in [0.25, 0.3) is 88.6 Å². The van der Waals surface area contributed by atoms with Crippen molar-refractivity contribution in [2.75, 3.05) is 19.6 Å². The number of aromatic nitrogens is 4. The molecule has 3 aromatic heterocycles. The third-order valence-corrected chi connectivity index (χ3v) is 13.9. The summed E-state index contributed by atoms with van der Waals surface area (Å²) < 4.78 is 0. The van der Waals surface area contributed by atoms with Gasteiger partial charge in [0, 0.05) is 66.0 Å². The Morgan fingerprint density at radius 3 is 1.23 bits per heavy atom. The number of fused-ring (bicyclic) bond motifs is 20. The zero-order valence-electron chi connectivity index (χ0n) is 37.8. The Kier molecular flexibility index (Phi) is 12.7. The lowest BCUT2D eigenvalue weighted by Crippen LogP contribution is -2.24. The average Bonchev–Trinajstić information content (AvgIpc) is 4.07. The van der Waals surface area contributed by atoms with Crippen LogP contribution in [0, 0.1) is 0 Å².